The van der Waals surface area contributed by atoms with Crippen molar-refractivity contribution < 1.29 is 13.9 Å². The molecule has 3 aromatic rings. The van der Waals surface area contributed by atoms with Gasteiger partial charge in [-0.25, -0.2) is 0 Å². The normalized spacial score (nSPS) is 10.9. The highest BCUT2D eigenvalue weighted by Gasteiger charge is 2.11. The van der Waals surface area contributed by atoms with Gasteiger partial charge in [-0.2, -0.15) is 5.10 Å². The van der Waals surface area contributed by atoms with E-state index in [2.05, 4.69) is 29.5 Å². The highest BCUT2D eigenvalue weighted by molar-refractivity contribution is 5.91. The smallest absolute Gasteiger partial charge is 0.286 e. The van der Waals surface area contributed by atoms with Crippen LogP contribution >= 0.6 is 0 Å². The van der Waals surface area contributed by atoms with Gasteiger partial charge < -0.3 is 14.5 Å². The fourth-order valence-corrected chi connectivity index (χ4v) is 3.19. The molecule has 1 amide bonds. The van der Waals surface area contributed by atoms with Crippen LogP contribution in [0.3, 0.4) is 0 Å². The van der Waals surface area contributed by atoms with Crippen molar-refractivity contribution in [2.45, 2.75) is 53.2 Å². The van der Waals surface area contributed by atoms with E-state index in [1.165, 1.54) is 5.56 Å². The van der Waals surface area contributed by atoms with E-state index >= 15 is 0 Å². The molecule has 0 aliphatic heterocycles. The summed E-state index contributed by atoms with van der Waals surface area (Å²) < 4.78 is 13.3. The second-order valence-electron chi connectivity index (χ2n) is 7.21. The number of ether oxygens (including phenoxy) is 1. The molecule has 0 radical (unpaired) electrons. The fourth-order valence-electron chi connectivity index (χ4n) is 3.19. The molecule has 0 spiro atoms. The maximum Gasteiger partial charge on any atom is 0.286 e. The maximum absolute atomic E-state index is 12.2. The van der Waals surface area contributed by atoms with Gasteiger partial charge in [0.25, 0.3) is 5.91 Å². The molecule has 29 heavy (non-hydrogen) atoms. The maximum atomic E-state index is 12.2. The Morgan fingerprint density at radius 3 is 2.66 bits per heavy atom. The standard InChI is InChI=1S/C23H29N3O3/c1-4-6-19-7-9-20(10-8-19)28-16-21-11-12-22(29-21)23(27)24-13-5-14-26-18(3)15-17(2)25-26/h7-12,15H,4-6,13-14,16H2,1-3H3,(H,24,27). The molecule has 0 saturated heterocycles. The predicted molar refractivity (Wildman–Crippen MR) is 112 cm³/mol. The van der Waals surface area contributed by atoms with Gasteiger partial charge in [-0.15, -0.1) is 0 Å². The molecule has 1 aromatic carbocycles. The molecule has 154 valence electrons. The molecule has 0 aliphatic carbocycles. The summed E-state index contributed by atoms with van der Waals surface area (Å²) in [5.74, 6) is 1.49. The van der Waals surface area contributed by atoms with Crippen LogP contribution in [0.4, 0.5) is 0 Å². The summed E-state index contributed by atoms with van der Waals surface area (Å²) in [5, 5.41) is 7.31. The fraction of sp³-hybridized carbons (Fsp3) is 0.391. The lowest BCUT2D eigenvalue weighted by molar-refractivity contribution is 0.0920. The molecule has 2 aromatic heterocycles. The molecule has 0 aliphatic rings. The zero-order chi connectivity index (χ0) is 20.6. The van der Waals surface area contributed by atoms with Crippen LogP contribution in [0.5, 0.6) is 5.75 Å². The number of carbonyl (C=O) groups is 1. The van der Waals surface area contributed by atoms with E-state index < -0.39 is 0 Å². The lowest BCUT2D eigenvalue weighted by Gasteiger charge is -2.06. The Labute approximate surface area is 171 Å². The number of amides is 1. The number of carbonyl (C=O) groups excluding carboxylic acids is 1. The number of aryl methyl sites for hydroxylation is 4. The van der Waals surface area contributed by atoms with Crippen LogP contribution in [0.2, 0.25) is 0 Å². The van der Waals surface area contributed by atoms with Gasteiger partial charge in [-0.3, -0.25) is 9.48 Å². The van der Waals surface area contributed by atoms with Crippen molar-refractivity contribution in [3.8, 4) is 5.75 Å². The van der Waals surface area contributed by atoms with Crippen LogP contribution in [0, 0.1) is 13.8 Å². The van der Waals surface area contributed by atoms with Crippen molar-refractivity contribution >= 4 is 5.91 Å². The molecule has 0 bridgehead atoms. The zero-order valence-electron chi connectivity index (χ0n) is 17.4. The minimum absolute atomic E-state index is 0.214. The summed E-state index contributed by atoms with van der Waals surface area (Å²) in [7, 11) is 0. The second kappa shape index (κ2) is 9.96. The van der Waals surface area contributed by atoms with Gasteiger partial charge in [0.1, 0.15) is 18.1 Å². The first-order valence-electron chi connectivity index (χ1n) is 10.1. The van der Waals surface area contributed by atoms with Crippen molar-refractivity contribution in [2.75, 3.05) is 6.54 Å². The molecule has 0 unspecified atom stereocenters. The van der Waals surface area contributed by atoms with Crippen LogP contribution in [-0.4, -0.2) is 22.2 Å². The number of rotatable bonds is 10. The monoisotopic (exact) mass is 395 g/mol. The van der Waals surface area contributed by atoms with E-state index in [4.69, 9.17) is 9.15 Å². The lowest BCUT2D eigenvalue weighted by Crippen LogP contribution is -2.25. The van der Waals surface area contributed by atoms with E-state index in [1.807, 2.05) is 36.7 Å². The average molecular weight is 396 g/mol. The van der Waals surface area contributed by atoms with Crippen molar-refractivity contribution in [1.29, 1.82) is 0 Å². The Balaban J connectivity index is 1.41. The number of nitrogens with zero attached hydrogens (tertiary/aromatic N) is 2. The first-order chi connectivity index (χ1) is 14.0. The number of furan rings is 1. The van der Waals surface area contributed by atoms with Crippen LogP contribution in [0.25, 0.3) is 0 Å². The molecular formula is C23H29N3O3. The van der Waals surface area contributed by atoms with E-state index in [1.54, 1.807) is 12.1 Å². The van der Waals surface area contributed by atoms with Crippen LogP contribution in [0.1, 0.15) is 53.0 Å². The van der Waals surface area contributed by atoms with Crippen LogP contribution < -0.4 is 10.1 Å². The third kappa shape index (κ3) is 5.98. The molecule has 2 heterocycles. The number of nitrogens with one attached hydrogen (secondary N) is 1. The van der Waals surface area contributed by atoms with E-state index in [0.717, 1.165) is 42.9 Å². The molecule has 6 heteroatoms. The predicted octanol–water partition coefficient (Wildman–Crippen LogP) is 4.44. The Morgan fingerprint density at radius 1 is 1.17 bits per heavy atom. The first kappa shape index (κ1) is 20.7. The quantitative estimate of drug-likeness (QED) is 0.515. The number of hydrogen-bond acceptors (Lipinski definition) is 4. The van der Waals surface area contributed by atoms with Crippen molar-refractivity contribution in [3.63, 3.8) is 0 Å². The summed E-state index contributed by atoms with van der Waals surface area (Å²) in [6.07, 6.45) is 3.00. The van der Waals surface area contributed by atoms with Gasteiger partial charge >= 0.3 is 0 Å². The average Bonchev–Trinajstić information content (AvgIpc) is 3.31. The third-order valence-corrected chi connectivity index (χ3v) is 4.66. The van der Waals surface area contributed by atoms with Crippen LogP contribution in [0.15, 0.2) is 46.9 Å². The van der Waals surface area contributed by atoms with Crippen molar-refractivity contribution in [2.24, 2.45) is 0 Å². The second-order valence-corrected chi connectivity index (χ2v) is 7.21. The SMILES string of the molecule is CCCc1ccc(OCc2ccc(C(=O)NCCCn3nc(C)cc3C)o2)cc1. The Kier molecular flexibility index (Phi) is 7.11. The largest absolute Gasteiger partial charge is 0.486 e. The molecular weight excluding hydrogens is 366 g/mol. The van der Waals surface area contributed by atoms with Gasteiger partial charge in [0, 0.05) is 18.8 Å². The van der Waals surface area contributed by atoms with Gasteiger partial charge in [0.2, 0.25) is 0 Å². The first-order valence-corrected chi connectivity index (χ1v) is 10.1. The summed E-state index contributed by atoms with van der Waals surface area (Å²) in [6, 6.07) is 13.6. The molecule has 3 rings (SSSR count). The van der Waals surface area contributed by atoms with E-state index in [-0.39, 0.29) is 5.91 Å². The summed E-state index contributed by atoms with van der Waals surface area (Å²) in [6.45, 7) is 7.80. The minimum Gasteiger partial charge on any atom is -0.486 e. The van der Waals surface area contributed by atoms with Gasteiger partial charge in [0.15, 0.2) is 5.76 Å². The third-order valence-electron chi connectivity index (χ3n) is 4.66. The minimum atomic E-state index is -0.214. The number of benzene rings is 1. The Bertz CT molecular complexity index is 925. The van der Waals surface area contributed by atoms with Gasteiger partial charge in [-0.1, -0.05) is 25.5 Å². The highest BCUT2D eigenvalue weighted by Crippen LogP contribution is 2.16. The van der Waals surface area contributed by atoms with Crippen molar-refractivity contribution in [3.05, 3.63) is 70.9 Å². The summed E-state index contributed by atoms with van der Waals surface area (Å²) in [4.78, 5) is 12.2. The molecule has 0 fully saturated rings. The molecule has 0 atom stereocenters. The summed E-state index contributed by atoms with van der Waals surface area (Å²) >= 11 is 0. The van der Waals surface area contributed by atoms with E-state index in [9.17, 15) is 4.79 Å². The van der Waals surface area contributed by atoms with Crippen LogP contribution in [-0.2, 0) is 19.6 Å². The highest BCUT2D eigenvalue weighted by atomic mass is 16.5. The lowest BCUT2D eigenvalue weighted by atomic mass is 10.1. The number of hydrogen-bond donors (Lipinski definition) is 1. The summed E-state index contributed by atoms with van der Waals surface area (Å²) in [5.41, 5.74) is 3.44. The van der Waals surface area contributed by atoms with Gasteiger partial charge in [-0.05, 0) is 62.6 Å². The Hall–Kier alpha value is -3.02. The number of aromatic nitrogens is 2. The topological polar surface area (TPSA) is 69.3 Å². The zero-order valence-corrected chi connectivity index (χ0v) is 17.4. The Morgan fingerprint density at radius 2 is 1.97 bits per heavy atom. The van der Waals surface area contributed by atoms with Gasteiger partial charge in [0.05, 0.1) is 5.69 Å². The molecule has 0 saturated carbocycles. The van der Waals surface area contributed by atoms with Crippen molar-refractivity contribution in [1.82, 2.24) is 15.1 Å². The van der Waals surface area contributed by atoms with E-state index in [0.29, 0.717) is 24.7 Å². The molecule has 1 N–H and O–H groups in total. The molecule has 6 nitrogen and oxygen atoms in total.